The van der Waals surface area contributed by atoms with E-state index in [1.54, 1.807) is 11.3 Å². The summed E-state index contributed by atoms with van der Waals surface area (Å²) >= 11 is 3.43. The van der Waals surface area contributed by atoms with E-state index in [2.05, 4.69) is 26.1 Å². The Balaban J connectivity index is 1.06. The molecular formula is C28H37N9O3S2. The molecule has 1 spiro atoms. The molecule has 6 aliphatic rings. The number of ether oxygens (including phenoxy) is 2. The second-order valence-electron chi connectivity index (χ2n) is 12.7. The SMILES string of the molecule is N#Cc1c(N)sc2c1C1(CN(c3nc(OCC4(CN5CCOCC5)CC4)nc(N4CC5CC[C@@H](N5)C4CO)n3)C1)SC2. The van der Waals surface area contributed by atoms with Crippen LogP contribution >= 0.6 is 23.1 Å². The lowest BCUT2D eigenvalue weighted by molar-refractivity contribution is 0.0231. The molecule has 42 heavy (non-hydrogen) atoms. The summed E-state index contributed by atoms with van der Waals surface area (Å²) in [7, 11) is 0. The number of fused-ring (bicyclic) bond motifs is 4. The fourth-order valence-electron chi connectivity index (χ4n) is 7.42. The van der Waals surface area contributed by atoms with Crippen molar-refractivity contribution in [3.05, 3.63) is 16.0 Å². The lowest BCUT2D eigenvalue weighted by atomic mass is 9.88. The predicted molar refractivity (Wildman–Crippen MR) is 161 cm³/mol. The number of rotatable bonds is 8. The van der Waals surface area contributed by atoms with Crippen LogP contribution in [0.15, 0.2) is 0 Å². The van der Waals surface area contributed by atoms with Gasteiger partial charge in [0.15, 0.2) is 0 Å². The van der Waals surface area contributed by atoms with Crippen molar-refractivity contribution in [2.45, 2.75) is 54.3 Å². The van der Waals surface area contributed by atoms with Crippen molar-refractivity contribution in [1.82, 2.24) is 25.2 Å². The fourth-order valence-corrected chi connectivity index (χ4v) is 10.2. The number of thiophene rings is 1. The van der Waals surface area contributed by atoms with E-state index < -0.39 is 0 Å². The van der Waals surface area contributed by atoms with E-state index in [1.807, 2.05) is 11.8 Å². The smallest absolute Gasteiger partial charge is 0.323 e. The summed E-state index contributed by atoms with van der Waals surface area (Å²) in [6.07, 6.45) is 4.41. The molecule has 1 aliphatic carbocycles. The van der Waals surface area contributed by atoms with E-state index in [0.29, 0.717) is 54.2 Å². The van der Waals surface area contributed by atoms with E-state index >= 15 is 0 Å². The van der Waals surface area contributed by atoms with Gasteiger partial charge in [0.2, 0.25) is 11.9 Å². The summed E-state index contributed by atoms with van der Waals surface area (Å²) < 4.78 is 11.8. The summed E-state index contributed by atoms with van der Waals surface area (Å²) in [5, 5.41) is 24.4. The maximum Gasteiger partial charge on any atom is 0.323 e. The van der Waals surface area contributed by atoms with Crippen molar-refractivity contribution >= 4 is 40.0 Å². The number of morpholine rings is 1. The fraction of sp³-hybridized carbons (Fsp3) is 0.714. The Morgan fingerprint density at radius 2 is 1.98 bits per heavy atom. The van der Waals surface area contributed by atoms with Gasteiger partial charge in [-0.2, -0.15) is 20.2 Å². The Labute approximate surface area is 253 Å². The molecule has 8 rings (SSSR count). The molecule has 224 valence electrons. The first-order valence-corrected chi connectivity index (χ1v) is 16.8. The monoisotopic (exact) mass is 611 g/mol. The summed E-state index contributed by atoms with van der Waals surface area (Å²) in [6.45, 7) is 7.29. The van der Waals surface area contributed by atoms with E-state index in [0.717, 1.165) is 76.4 Å². The number of thioether (sulfide) groups is 1. The zero-order chi connectivity index (χ0) is 28.5. The van der Waals surface area contributed by atoms with Crippen LogP contribution in [0.4, 0.5) is 16.9 Å². The van der Waals surface area contributed by atoms with Gasteiger partial charge in [-0.25, -0.2) is 0 Å². The highest BCUT2D eigenvalue weighted by Gasteiger charge is 2.53. The van der Waals surface area contributed by atoms with E-state index in [-0.39, 0.29) is 28.9 Å². The number of nitrogens with two attached hydrogens (primary N) is 1. The van der Waals surface area contributed by atoms with Crippen LogP contribution in [0.5, 0.6) is 6.01 Å². The summed E-state index contributed by atoms with van der Waals surface area (Å²) in [6, 6.07) is 3.19. The van der Waals surface area contributed by atoms with Crippen LogP contribution in [-0.2, 0) is 15.2 Å². The molecule has 1 saturated carbocycles. The standard InChI is InChI=1S/C28H37N9O3S2/c29-9-18-22-21(42-23(18)30)12-41-28(22)14-36(15-28)24-32-25(37-10-17-1-2-19(31-17)20(37)11-38)34-26(33-24)40-16-27(3-4-27)13-35-5-7-39-8-6-35/h17,19-20,31,38H,1-8,10-16,30H2/t17?,19-,20?/m1/s1. The number of hydrogen-bond acceptors (Lipinski definition) is 14. The number of piperazine rings is 1. The predicted octanol–water partition coefficient (Wildman–Crippen LogP) is 1.14. The Kier molecular flexibility index (Phi) is 6.69. The Hall–Kier alpha value is -2.41. The minimum atomic E-state index is -0.166. The zero-order valence-electron chi connectivity index (χ0n) is 23.6. The molecule has 5 aliphatic heterocycles. The number of nitriles is 1. The molecule has 0 amide bonds. The lowest BCUT2D eigenvalue weighted by Gasteiger charge is -2.48. The van der Waals surface area contributed by atoms with Gasteiger partial charge in [-0.1, -0.05) is 0 Å². The number of hydrogen-bond donors (Lipinski definition) is 3. The summed E-state index contributed by atoms with van der Waals surface area (Å²) in [5.41, 5.74) is 8.08. The highest BCUT2D eigenvalue weighted by molar-refractivity contribution is 8.00. The largest absolute Gasteiger partial charge is 0.463 e. The van der Waals surface area contributed by atoms with Crippen molar-refractivity contribution in [1.29, 1.82) is 5.26 Å². The summed E-state index contributed by atoms with van der Waals surface area (Å²) in [4.78, 5) is 22.7. The molecule has 2 aromatic heterocycles. The first-order valence-electron chi connectivity index (χ1n) is 15.0. The van der Waals surface area contributed by atoms with Crippen LogP contribution in [0.2, 0.25) is 0 Å². The molecule has 2 bridgehead atoms. The van der Waals surface area contributed by atoms with Crippen molar-refractivity contribution in [3.8, 4) is 12.1 Å². The highest BCUT2D eigenvalue weighted by Crippen LogP contribution is 2.57. The number of anilines is 3. The third-order valence-electron chi connectivity index (χ3n) is 9.95. The van der Waals surface area contributed by atoms with Crippen LogP contribution in [-0.4, -0.2) is 109 Å². The van der Waals surface area contributed by atoms with Crippen LogP contribution in [0.1, 0.15) is 41.7 Å². The van der Waals surface area contributed by atoms with E-state index in [9.17, 15) is 10.4 Å². The van der Waals surface area contributed by atoms with Crippen LogP contribution in [0.3, 0.4) is 0 Å². The second-order valence-corrected chi connectivity index (χ2v) is 15.2. The molecule has 2 unspecified atom stereocenters. The number of aliphatic hydroxyl groups is 1. The van der Waals surface area contributed by atoms with Crippen molar-refractivity contribution in [2.75, 3.05) is 81.2 Å². The number of nitrogens with one attached hydrogen (secondary N) is 1. The average molecular weight is 612 g/mol. The number of aliphatic hydroxyl groups excluding tert-OH is 1. The van der Waals surface area contributed by atoms with Gasteiger partial charge in [0.1, 0.15) is 11.1 Å². The van der Waals surface area contributed by atoms with Gasteiger partial charge in [0.25, 0.3) is 0 Å². The van der Waals surface area contributed by atoms with Crippen LogP contribution in [0.25, 0.3) is 0 Å². The maximum atomic E-state index is 10.4. The van der Waals surface area contributed by atoms with Gasteiger partial charge < -0.3 is 35.4 Å². The van der Waals surface area contributed by atoms with Gasteiger partial charge in [-0.3, -0.25) is 4.90 Å². The quantitative estimate of drug-likeness (QED) is 0.392. The van der Waals surface area contributed by atoms with Gasteiger partial charge in [-0.05, 0) is 25.7 Å². The molecule has 0 radical (unpaired) electrons. The zero-order valence-corrected chi connectivity index (χ0v) is 25.3. The van der Waals surface area contributed by atoms with Crippen LogP contribution < -0.4 is 25.6 Å². The topological polar surface area (TPSA) is 149 Å². The van der Waals surface area contributed by atoms with Gasteiger partial charge >= 0.3 is 6.01 Å². The molecule has 5 fully saturated rings. The highest BCUT2D eigenvalue weighted by atomic mass is 32.2. The molecule has 4 N–H and O–H groups in total. The number of nitrogens with zero attached hydrogens (tertiary/aromatic N) is 7. The lowest BCUT2D eigenvalue weighted by Crippen LogP contribution is -2.60. The minimum Gasteiger partial charge on any atom is -0.463 e. The second kappa shape index (κ2) is 10.3. The first-order chi connectivity index (χ1) is 20.5. The number of nitrogen functional groups attached to an aromatic ring is 1. The van der Waals surface area contributed by atoms with Crippen LogP contribution in [0, 0.1) is 16.7 Å². The van der Waals surface area contributed by atoms with E-state index in [4.69, 9.17) is 30.2 Å². The number of aromatic nitrogens is 3. The third-order valence-corrected chi connectivity index (χ3v) is 12.6. The Bertz CT molecular complexity index is 1400. The Morgan fingerprint density at radius 3 is 2.74 bits per heavy atom. The molecule has 12 nitrogen and oxygen atoms in total. The molecule has 14 heteroatoms. The van der Waals surface area contributed by atoms with Crippen molar-refractivity contribution in [2.24, 2.45) is 5.41 Å². The van der Waals surface area contributed by atoms with Crippen molar-refractivity contribution < 1.29 is 14.6 Å². The molecule has 7 heterocycles. The molecular weight excluding hydrogens is 575 g/mol. The van der Waals surface area contributed by atoms with Gasteiger partial charge in [-0.15, -0.1) is 23.1 Å². The molecule has 3 atom stereocenters. The van der Waals surface area contributed by atoms with Gasteiger partial charge in [0, 0.05) is 73.0 Å². The molecule has 0 aromatic carbocycles. The molecule has 4 saturated heterocycles. The normalized spacial score (nSPS) is 28.9. The third kappa shape index (κ3) is 4.60. The minimum absolute atomic E-state index is 0.0347. The van der Waals surface area contributed by atoms with Gasteiger partial charge in [0.05, 0.1) is 42.8 Å². The summed E-state index contributed by atoms with van der Waals surface area (Å²) in [5.74, 6) is 2.05. The van der Waals surface area contributed by atoms with Crippen molar-refractivity contribution in [3.63, 3.8) is 0 Å². The first kappa shape index (κ1) is 27.2. The average Bonchev–Trinajstić information content (AvgIpc) is 3.31. The maximum absolute atomic E-state index is 10.4. The Morgan fingerprint density at radius 1 is 1.17 bits per heavy atom. The van der Waals surface area contributed by atoms with E-state index in [1.165, 1.54) is 4.88 Å². The molecule has 2 aromatic rings.